The van der Waals surface area contributed by atoms with Crippen LogP contribution in [0.25, 0.3) is 10.8 Å². The SMILES string of the molecule is CC(NC(=O)CN(C1CCN(C(C)c2cccc3ccccc23)CC1)S(C)(=O)=O)C(N)=O. The molecule has 1 heterocycles. The molecule has 2 atom stereocenters. The van der Waals surface area contributed by atoms with Gasteiger partial charge in [0.1, 0.15) is 6.04 Å². The number of likely N-dealkylation sites (tertiary alicyclic amines) is 1. The highest BCUT2D eigenvalue weighted by Gasteiger charge is 2.33. The molecular formula is C23H32N4O4S. The van der Waals surface area contributed by atoms with Crippen LogP contribution in [-0.4, -0.2) is 67.4 Å². The van der Waals surface area contributed by atoms with Crippen molar-refractivity contribution in [2.75, 3.05) is 25.9 Å². The van der Waals surface area contributed by atoms with Crippen LogP contribution in [0.2, 0.25) is 0 Å². The molecule has 0 radical (unpaired) electrons. The van der Waals surface area contributed by atoms with Crippen molar-refractivity contribution in [3.8, 4) is 0 Å². The lowest BCUT2D eigenvalue weighted by Crippen LogP contribution is -2.52. The van der Waals surface area contributed by atoms with Gasteiger partial charge in [-0.3, -0.25) is 14.5 Å². The molecule has 1 fully saturated rings. The summed E-state index contributed by atoms with van der Waals surface area (Å²) in [6.07, 6.45) is 2.37. The Morgan fingerprint density at radius 2 is 1.75 bits per heavy atom. The Hall–Kier alpha value is -2.49. The molecule has 2 amide bonds. The molecule has 3 N–H and O–H groups in total. The Kier molecular flexibility index (Phi) is 7.53. The Morgan fingerprint density at radius 1 is 1.12 bits per heavy atom. The maximum Gasteiger partial charge on any atom is 0.239 e. The van der Waals surface area contributed by atoms with Crippen molar-refractivity contribution in [1.82, 2.24) is 14.5 Å². The third kappa shape index (κ3) is 5.65. The molecular weight excluding hydrogens is 428 g/mol. The van der Waals surface area contributed by atoms with E-state index >= 15 is 0 Å². The largest absolute Gasteiger partial charge is 0.368 e. The lowest BCUT2D eigenvalue weighted by atomic mass is 9.96. The first-order chi connectivity index (χ1) is 15.1. The van der Waals surface area contributed by atoms with Gasteiger partial charge in [-0.1, -0.05) is 42.5 Å². The second kappa shape index (κ2) is 9.97. The number of nitrogens with one attached hydrogen (secondary N) is 1. The molecule has 1 aliphatic rings. The summed E-state index contributed by atoms with van der Waals surface area (Å²) in [5.74, 6) is -1.20. The van der Waals surface area contributed by atoms with Crippen LogP contribution < -0.4 is 11.1 Å². The number of benzene rings is 2. The van der Waals surface area contributed by atoms with Crippen molar-refractivity contribution in [2.45, 2.75) is 44.8 Å². The lowest BCUT2D eigenvalue weighted by molar-refractivity contribution is -0.127. The first kappa shape index (κ1) is 24.2. The number of hydrogen-bond acceptors (Lipinski definition) is 5. The zero-order chi connectivity index (χ0) is 23.5. The van der Waals surface area contributed by atoms with E-state index in [1.54, 1.807) is 0 Å². The number of hydrogen-bond donors (Lipinski definition) is 2. The topological polar surface area (TPSA) is 113 Å². The summed E-state index contributed by atoms with van der Waals surface area (Å²) in [5, 5.41) is 4.88. The number of carbonyl (C=O) groups is 2. The molecule has 32 heavy (non-hydrogen) atoms. The molecule has 8 nitrogen and oxygen atoms in total. The minimum Gasteiger partial charge on any atom is -0.368 e. The number of fused-ring (bicyclic) bond motifs is 1. The smallest absolute Gasteiger partial charge is 0.239 e. The second-order valence-electron chi connectivity index (χ2n) is 8.51. The van der Waals surface area contributed by atoms with E-state index in [0.29, 0.717) is 12.8 Å². The highest BCUT2D eigenvalue weighted by atomic mass is 32.2. The number of sulfonamides is 1. The summed E-state index contributed by atoms with van der Waals surface area (Å²) in [5.41, 5.74) is 6.43. The number of primary amides is 1. The predicted molar refractivity (Wildman–Crippen MR) is 125 cm³/mol. The lowest BCUT2D eigenvalue weighted by Gasteiger charge is -2.40. The molecule has 2 unspecified atom stereocenters. The van der Waals surface area contributed by atoms with Gasteiger partial charge in [-0.05, 0) is 43.0 Å². The van der Waals surface area contributed by atoms with Crippen LogP contribution in [0.5, 0.6) is 0 Å². The van der Waals surface area contributed by atoms with Crippen molar-refractivity contribution in [3.05, 3.63) is 48.0 Å². The minimum atomic E-state index is -3.60. The average Bonchev–Trinajstić information content (AvgIpc) is 2.76. The summed E-state index contributed by atoms with van der Waals surface area (Å²) in [6.45, 7) is 4.77. The summed E-state index contributed by atoms with van der Waals surface area (Å²) in [4.78, 5) is 25.8. The van der Waals surface area contributed by atoms with E-state index in [4.69, 9.17) is 5.73 Å². The average molecular weight is 461 g/mol. The van der Waals surface area contributed by atoms with Crippen molar-refractivity contribution >= 4 is 32.6 Å². The van der Waals surface area contributed by atoms with Gasteiger partial charge in [0, 0.05) is 25.2 Å². The Bertz CT molecular complexity index is 1080. The van der Waals surface area contributed by atoms with Crippen LogP contribution >= 0.6 is 0 Å². The number of nitrogens with zero attached hydrogens (tertiary/aromatic N) is 2. The number of piperidine rings is 1. The first-order valence-electron chi connectivity index (χ1n) is 10.8. The van der Waals surface area contributed by atoms with Gasteiger partial charge < -0.3 is 11.1 Å². The predicted octanol–water partition coefficient (Wildman–Crippen LogP) is 1.62. The van der Waals surface area contributed by atoms with Crippen LogP contribution in [0, 0.1) is 0 Å². The minimum absolute atomic E-state index is 0.188. The van der Waals surface area contributed by atoms with Crippen molar-refractivity contribution < 1.29 is 18.0 Å². The molecule has 9 heteroatoms. The van der Waals surface area contributed by atoms with E-state index in [0.717, 1.165) is 19.3 Å². The summed E-state index contributed by atoms with van der Waals surface area (Å²) in [6, 6.07) is 13.7. The van der Waals surface area contributed by atoms with Gasteiger partial charge in [-0.25, -0.2) is 8.42 Å². The van der Waals surface area contributed by atoms with Crippen LogP contribution in [0.3, 0.4) is 0 Å². The van der Waals surface area contributed by atoms with Crippen LogP contribution in [0.15, 0.2) is 42.5 Å². The monoisotopic (exact) mass is 460 g/mol. The molecule has 0 aliphatic carbocycles. The highest BCUT2D eigenvalue weighted by Crippen LogP contribution is 2.31. The van der Waals surface area contributed by atoms with Gasteiger partial charge in [0.15, 0.2) is 0 Å². The third-order valence-corrected chi connectivity index (χ3v) is 7.54. The molecule has 1 aliphatic heterocycles. The van der Waals surface area contributed by atoms with Gasteiger partial charge in [0.25, 0.3) is 0 Å². The fourth-order valence-corrected chi connectivity index (χ4v) is 5.49. The molecule has 3 rings (SSSR count). The van der Waals surface area contributed by atoms with Crippen LogP contribution in [0.4, 0.5) is 0 Å². The van der Waals surface area contributed by atoms with E-state index in [1.807, 2.05) is 12.1 Å². The van der Waals surface area contributed by atoms with E-state index < -0.39 is 27.9 Å². The standard InChI is InChI=1S/C23H32N4O4S/c1-16(23(24)29)25-22(28)15-27(32(3,30)31)19-11-13-26(14-12-19)17(2)20-10-6-8-18-7-4-5-9-21(18)20/h4-10,16-17,19H,11-15H2,1-3H3,(H2,24,29)(H,25,28). The molecule has 0 aromatic heterocycles. The van der Waals surface area contributed by atoms with Gasteiger partial charge in [-0.15, -0.1) is 0 Å². The van der Waals surface area contributed by atoms with Crippen LogP contribution in [0.1, 0.15) is 38.3 Å². The highest BCUT2D eigenvalue weighted by molar-refractivity contribution is 7.88. The first-order valence-corrected chi connectivity index (χ1v) is 12.7. The quantitative estimate of drug-likeness (QED) is 0.622. The Balaban J connectivity index is 1.68. The maximum atomic E-state index is 12.4. The molecule has 0 spiro atoms. The molecule has 2 aromatic carbocycles. The normalized spacial score (nSPS) is 17.9. The number of carbonyl (C=O) groups excluding carboxylic acids is 2. The van der Waals surface area contributed by atoms with E-state index in [-0.39, 0.29) is 18.6 Å². The molecule has 0 saturated carbocycles. The van der Waals surface area contributed by atoms with Gasteiger partial charge in [0.05, 0.1) is 12.8 Å². The van der Waals surface area contributed by atoms with E-state index in [1.165, 1.54) is 27.6 Å². The number of amides is 2. The number of rotatable bonds is 8. The molecule has 174 valence electrons. The molecule has 1 saturated heterocycles. The van der Waals surface area contributed by atoms with Gasteiger partial charge in [0.2, 0.25) is 21.8 Å². The van der Waals surface area contributed by atoms with Gasteiger partial charge >= 0.3 is 0 Å². The summed E-state index contributed by atoms with van der Waals surface area (Å²) < 4.78 is 26.1. The zero-order valence-electron chi connectivity index (χ0n) is 18.8. The number of nitrogens with two attached hydrogens (primary N) is 1. The van der Waals surface area contributed by atoms with Crippen molar-refractivity contribution in [3.63, 3.8) is 0 Å². The zero-order valence-corrected chi connectivity index (χ0v) is 19.6. The fraction of sp³-hybridized carbons (Fsp3) is 0.478. The maximum absolute atomic E-state index is 12.4. The Labute approximate surface area is 189 Å². The summed E-state index contributed by atoms with van der Waals surface area (Å²) in [7, 11) is -3.60. The van der Waals surface area contributed by atoms with E-state index in [2.05, 4.69) is 47.5 Å². The second-order valence-corrected chi connectivity index (χ2v) is 10.4. The third-order valence-electron chi connectivity index (χ3n) is 6.26. The van der Waals surface area contributed by atoms with Crippen molar-refractivity contribution in [1.29, 1.82) is 0 Å². The van der Waals surface area contributed by atoms with Gasteiger partial charge in [-0.2, -0.15) is 4.31 Å². The molecule has 0 bridgehead atoms. The fourth-order valence-electron chi connectivity index (χ4n) is 4.39. The van der Waals surface area contributed by atoms with E-state index in [9.17, 15) is 18.0 Å². The molecule has 2 aromatic rings. The Morgan fingerprint density at radius 3 is 2.38 bits per heavy atom. The van der Waals surface area contributed by atoms with Crippen molar-refractivity contribution in [2.24, 2.45) is 5.73 Å². The van der Waals surface area contributed by atoms with Crippen LogP contribution in [-0.2, 0) is 19.6 Å². The summed E-state index contributed by atoms with van der Waals surface area (Å²) >= 11 is 0.